The molecule has 1 atom stereocenters. The van der Waals surface area contributed by atoms with Crippen LogP contribution in [0.5, 0.6) is 11.5 Å². The fourth-order valence-electron chi connectivity index (χ4n) is 3.41. The number of nitrogens with two attached hydrogens (primary N) is 1. The summed E-state index contributed by atoms with van der Waals surface area (Å²) < 4.78 is 27.2. The number of anilines is 1. The van der Waals surface area contributed by atoms with Crippen molar-refractivity contribution in [1.29, 1.82) is 5.41 Å². The van der Waals surface area contributed by atoms with Gasteiger partial charge in [0.05, 0.1) is 13.7 Å². The lowest BCUT2D eigenvalue weighted by atomic mass is 10.0. The van der Waals surface area contributed by atoms with E-state index in [0.29, 0.717) is 23.6 Å². The van der Waals surface area contributed by atoms with Crippen molar-refractivity contribution in [3.05, 3.63) is 88.1 Å². The third-order valence-corrected chi connectivity index (χ3v) is 5.05. The first-order chi connectivity index (χ1) is 16.9. The topological polar surface area (TPSA) is 157 Å². The van der Waals surface area contributed by atoms with Gasteiger partial charge in [-0.2, -0.15) is 0 Å². The predicted molar refractivity (Wildman–Crippen MR) is 127 cm³/mol. The Morgan fingerprint density at radius 3 is 2.57 bits per heavy atom. The van der Waals surface area contributed by atoms with Crippen LogP contribution in [0.15, 0.2) is 59.7 Å². The van der Waals surface area contributed by atoms with Crippen molar-refractivity contribution in [2.75, 3.05) is 19.0 Å². The third kappa shape index (κ3) is 4.95. The number of benzene rings is 2. The lowest BCUT2D eigenvalue weighted by Crippen LogP contribution is -2.18. The van der Waals surface area contributed by atoms with E-state index in [2.05, 4.69) is 25.4 Å². The largest absolute Gasteiger partial charge is 0.493 e. The Bertz CT molecular complexity index is 1390. The standard InChI is InChI=1S/C23H23FN8O3/c1-3-35-18-11-15(16(24)12-17(18)34-2)19(29-14-7-5-13(6-8-14)20(25)26)21-30-23(33)32(31-21)22-27-9-4-10-28-22/h4-12,19,29H,3H2,1-2H3,(H3,25,26)(H,30,31,33)/t19-/m0/s1. The van der Waals surface area contributed by atoms with Gasteiger partial charge in [0.1, 0.15) is 17.7 Å². The Morgan fingerprint density at radius 1 is 1.23 bits per heavy atom. The summed E-state index contributed by atoms with van der Waals surface area (Å²) in [5.41, 5.74) is 6.19. The highest BCUT2D eigenvalue weighted by molar-refractivity contribution is 5.95. The highest BCUT2D eigenvalue weighted by Gasteiger charge is 2.26. The van der Waals surface area contributed by atoms with Crippen LogP contribution < -0.4 is 26.2 Å². The van der Waals surface area contributed by atoms with E-state index in [-0.39, 0.29) is 28.9 Å². The lowest BCUT2D eigenvalue weighted by molar-refractivity contribution is 0.308. The average Bonchev–Trinajstić information content (AvgIpc) is 3.25. The van der Waals surface area contributed by atoms with Gasteiger partial charge >= 0.3 is 5.69 Å². The molecular weight excluding hydrogens is 455 g/mol. The van der Waals surface area contributed by atoms with Crippen molar-refractivity contribution in [1.82, 2.24) is 24.7 Å². The van der Waals surface area contributed by atoms with Crippen LogP contribution in [-0.2, 0) is 0 Å². The van der Waals surface area contributed by atoms with Gasteiger partial charge in [0, 0.05) is 35.3 Å². The van der Waals surface area contributed by atoms with Gasteiger partial charge in [0.25, 0.3) is 5.95 Å². The number of halogens is 1. The summed E-state index contributed by atoms with van der Waals surface area (Å²) in [7, 11) is 1.42. The number of nitrogens with one attached hydrogen (secondary N) is 3. The van der Waals surface area contributed by atoms with E-state index >= 15 is 4.39 Å². The van der Waals surface area contributed by atoms with Gasteiger partial charge in [-0.25, -0.2) is 19.2 Å². The van der Waals surface area contributed by atoms with E-state index in [4.69, 9.17) is 20.6 Å². The van der Waals surface area contributed by atoms with Crippen LogP contribution in [0, 0.1) is 11.2 Å². The second-order valence-electron chi connectivity index (χ2n) is 7.30. The van der Waals surface area contributed by atoms with Gasteiger partial charge in [-0.05, 0) is 43.3 Å². The molecule has 0 bridgehead atoms. The van der Waals surface area contributed by atoms with Crippen LogP contribution in [0.4, 0.5) is 10.1 Å². The molecule has 0 spiro atoms. The number of methoxy groups -OCH3 is 1. The van der Waals surface area contributed by atoms with Crippen LogP contribution in [-0.4, -0.2) is 44.3 Å². The molecule has 0 aliphatic rings. The number of nitrogen functional groups attached to an aromatic ring is 1. The molecule has 0 fully saturated rings. The number of rotatable bonds is 9. The summed E-state index contributed by atoms with van der Waals surface area (Å²) in [5, 5.41) is 15.1. The van der Waals surface area contributed by atoms with Crippen molar-refractivity contribution < 1.29 is 13.9 Å². The molecule has 11 nitrogen and oxygen atoms in total. The summed E-state index contributed by atoms with van der Waals surface area (Å²) in [6.07, 6.45) is 2.96. The second-order valence-corrected chi connectivity index (χ2v) is 7.30. The SMILES string of the molecule is CCOc1cc([C@H](Nc2ccc(C(=N)N)cc2)c2nn(-c3ncccn3)c(=O)[nH]2)c(F)cc1OC. The predicted octanol–water partition coefficient (Wildman–Crippen LogP) is 2.38. The first kappa shape index (κ1) is 23.4. The van der Waals surface area contributed by atoms with E-state index < -0.39 is 17.5 Å². The van der Waals surface area contributed by atoms with E-state index in [1.807, 2.05) is 0 Å². The third-order valence-electron chi connectivity index (χ3n) is 5.05. The summed E-state index contributed by atoms with van der Waals surface area (Å²) >= 11 is 0. The van der Waals surface area contributed by atoms with Crippen LogP contribution in [0.1, 0.15) is 29.9 Å². The molecular formula is C23H23FN8O3. The number of aromatic amines is 1. The maximum Gasteiger partial charge on any atom is 0.350 e. The Labute approximate surface area is 199 Å². The van der Waals surface area contributed by atoms with E-state index in [0.717, 1.165) is 4.68 Å². The van der Waals surface area contributed by atoms with Crippen molar-refractivity contribution in [2.45, 2.75) is 13.0 Å². The molecule has 5 N–H and O–H groups in total. The minimum absolute atomic E-state index is 0.0646. The molecule has 2 heterocycles. The van der Waals surface area contributed by atoms with E-state index in [1.165, 1.54) is 31.6 Å². The lowest BCUT2D eigenvalue weighted by Gasteiger charge is -2.21. The average molecular weight is 478 g/mol. The molecule has 2 aromatic carbocycles. The van der Waals surface area contributed by atoms with Crippen LogP contribution >= 0.6 is 0 Å². The summed E-state index contributed by atoms with van der Waals surface area (Å²) in [6.45, 7) is 2.14. The molecule has 0 radical (unpaired) electrons. The van der Waals surface area contributed by atoms with Crippen molar-refractivity contribution >= 4 is 11.5 Å². The number of amidine groups is 1. The summed E-state index contributed by atoms with van der Waals surface area (Å²) in [6, 6.07) is 10.0. The number of nitrogens with zero attached hydrogens (tertiary/aromatic N) is 4. The maximum atomic E-state index is 15.3. The fourth-order valence-corrected chi connectivity index (χ4v) is 3.41. The van der Waals surface area contributed by atoms with Crippen LogP contribution in [0.3, 0.4) is 0 Å². The van der Waals surface area contributed by atoms with Gasteiger partial charge in [-0.3, -0.25) is 10.4 Å². The molecule has 35 heavy (non-hydrogen) atoms. The van der Waals surface area contributed by atoms with Gasteiger partial charge in [0.15, 0.2) is 17.3 Å². The van der Waals surface area contributed by atoms with Crippen molar-refractivity contribution in [3.8, 4) is 17.4 Å². The van der Waals surface area contributed by atoms with Crippen molar-refractivity contribution in [2.24, 2.45) is 5.73 Å². The molecule has 4 aromatic rings. The number of ether oxygens (including phenoxy) is 2. The van der Waals surface area contributed by atoms with Crippen LogP contribution in [0.2, 0.25) is 0 Å². The Balaban J connectivity index is 1.83. The van der Waals surface area contributed by atoms with Gasteiger partial charge < -0.3 is 20.5 Å². The zero-order chi connectivity index (χ0) is 24.9. The Kier molecular flexibility index (Phi) is 6.71. The molecule has 0 aliphatic heterocycles. The van der Waals surface area contributed by atoms with E-state index in [9.17, 15) is 4.79 Å². The zero-order valence-electron chi connectivity index (χ0n) is 18.9. The number of hydrogen-bond acceptors (Lipinski definition) is 8. The minimum atomic E-state index is -0.944. The van der Waals surface area contributed by atoms with Gasteiger partial charge in [-0.1, -0.05) is 0 Å². The smallest absolute Gasteiger partial charge is 0.350 e. The first-order valence-corrected chi connectivity index (χ1v) is 10.6. The zero-order valence-corrected chi connectivity index (χ0v) is 18.9. The molecule has 0 unspecified atom stereocenters. The fraction of sp³-hybridized carbons (Fsp3) is 0.174. The monoisotopic (exact) mass is 478 g/mol. The van der Waals surface area contributed by atoms with Crippen LogP contribution in [0.25, 0.3) is 5.95 Å². The Morgan fingerprint density at radius 2 is 1.94 bits per heavy atom. The normalized spacial score (nSPS) is 11.6. The second kappa shape index (κ2) is 10.0. The number of hydrogen-bond donors (Lipinski definition) is 4. The Hall–Kier alpha value is -4.74. The van der Waals surface area contributed by atoms with E-state index in [1.54, 1.807) is 37.3 Å². The van der Waals surface area contributed by atoms with Crippen molar-refractivity contribution in [3.63, 3.8) is 0 Å². The number of H-pyrrole nitrogens is 1. The maximum absolute atomic E-state index is 15.3. The number of aromatic nitrogens is 5. The quantitative estimate of drug-likeness (QED) is 0.211. The molecule has 2 aromatic heterocycles. The molecule has 4 rings (SSSR count). The molecule has 0 saturated heterocycles. The highest BCUT2D eigenvalue weighted by atomic mass is 19.1. The van der Waals surface area contributed by atoms with Gasteiger partial charge in [0.2, 0.25) is 0 Å². The molecule has 0 aliphatic carbocycles. The molecule has 180 valence electrons. The molecule has 12 heteroatoms. The molecule has 0 amide bonds. The minimum Gasteiger partial charge on any atom is -0.493 e. The van der Waals surface area contributed by atoms with Gasteiger partial charge in [-0.15, -0.1) is 9.78 Å². The summed E-state index contributed by atoms with van der Waals surface area (Å²) in [4.78, 5) is 23.4. The molecule has 0 saturated carbocycles. The first-order valence-electron chi connectivity index (χ1n) is 10.6. The highest BCUT2D eigenvalue weighted by Crippen LogP contribution is 2.35. The summed E-state index contributed by atoms with van der Waals surface area (Å²) in [5.74, 6) is 0.0585.